The summed E-state index contributed by atoms with van der Waals surface area (Å²) < 4.78 is 0. The molecular formula is C47H63N9O6S. The number of nitrogen functional groups attached to an aromatic ring is 1. The number of aryl methyl sites for hydroxylation is 1. The minimum absolute atomic E-state index is 0.0196. The topological polar surface area (TPSA) is 207 Å². The highest BCUT2D eigenvalue weighted by molar-refractivity contribution is 7.13. The summed E-state index contributed by atoms with van der Waals surface area (Å²) in [6, 6.07) is 15.0. The molecule has 6 N–H and O–H groups in total. The van der Waals surface area contributed by atoms with Crippen LogP contribution in [0.15, 0.2) is 60.1 Å². The van der Waals surface area contributed by atoms with Crippen LogP contribution in [0.2, 0.25) is 0 Å². The van der Waals surface area contributed by atoms with Gasteiger partial charge >= 0.3 is 0 Å². The van der Waals surface area contributed by atoms with Crippen LogP contribution < -0.4 is 21.3 Å². The number of carbonyl (C=O) groups is 4. The quantitative estimate of drug-likeness (QED) is 0.0798. The number of unbranched alkanes of at least 4 members (excludes halogenated alkanes) is 5. The Labute approximate surface area is 374 Å². The predicted octanol–water partition coefficient (Wildman–Crippen LogP) is 5.83. The number of benzene rings is 2. The van der Waals surface area contributed by atoms with Crippen molar-refractivity contribution in [3.63, 3.8) is 0 Å². The molecule has 2 aromatic heterocycles. The molecule has 338 valence electrons. The number of carbonyl (C=O) groups excluding carboxylic acids is 4. The summed E-state index contributed by atoms with van der Waals surface area (Å²) in [5, 5.41) is 35.1. The molecule has 0 bridgehead atoms. The molecule has 0 radical (unpaired) electrons. The minimum Gasteiger partial charge on any atom is -0.507 e. The lowest BCUT2D eigenvalue weighted by Crippen LogP contribution is -2.57. The maximum absolute atomic E-state index is 14.0. The van der Waals surface area contributed by atoms with Crippen molar-refractivity contribution in [2.24, 2.45) is 5.41 Å². The van der Waals surface area contributed by atoms with Crippen LogP contribution in [-0.2, 0) is 25.7 Å². The lowest BCUT2D eigenvalue weighted by Gasteiger charge is -2.41. The van der Waals surface area contributed by atoms with Crippen LogP contribution >= 0.6 is 11.3 Å². The molecule has 4 heterocycles. The van der Waals surface area contributed by atoms with Gasteiger partial charge in [0.25, 0.3) is 0 Å². The van der Waals surface area contributed by atoms with Crippen molar-refractivity contribution >= 4 is 46.5 Å². The van der Waals surface area contributed by atoms with Gasteiger partial charge in [0.2, 0.25) is 23.6 Å². The zero-order chi connectivity index (χ0) is 45.3. The van der Waals surface area contributed by atoms with E-state index in [1.807, 2.05) is 81.4 Å². The summed E-state index contributed by atoms with van der Waals surface area (Å²) in [6.07, 6.45) is 5.13. The second-order valence-electron chi connectivity index (χ2n) is 18.0. The highest BCUT2D eigenvalue weighted by atomic mass is 32.1. The van der Waals surface area contributed by atoms with Gasteiger partial charge in [0.1, 0.15) is 17.8 Å². The first-order valence-corrected chi connectivity index (χ1v) is 23.0. The Balaban J connectivity index is 0.883. The number of thiazole rings is 1. The van der Waals surface area contributed by atoms with Crippen LogP contribution in [-0.4, -0.2) is 109 Å². The van der Waals surface area contributed by atoms with Crippen molar-refractivity contribution < 1.29 is 29.4 Å². The molecule has 2 aromatic carbocycles. The molecule has 4 amide bonds. The molecule has 0 spiro atoms. The van der Waals surface area contributed by atoms with Crippen LogP contribution in [0.4, 0.5) is 11.5 Å². The Kier molecular flexibility index (Phi) is 15.8. The third-order valence-electron chi connectivity index (χ3n) is 12.0. The molecule has 0 saturated carbocycles. The summed E-state index contributed by atoms with van der Waals surface area (Å²) in [7, 11) is 0. The Morgan fingerprint density at radius 3 is 2.29 bits per heavy atom. The first kappa shape index (κ1) is 46.9. The molecule has 15 nitrogen and oxygen atoms in total. The van der Waals surface area contributed by atoms with Gasteiger partial charge in [0.05, 0.1) is 33.6 Å². The van der Waals surface area contributed by atoms with Crippen molar-refractivity contribution in [3.8, 4) is 27.4 Å². The molecule has 1 unspecified atom stereocenters. The largest absolute Gasteiger partial charge is 0.507 e. The third kappa shape index (κ3) is 12.1. The van der Waals surface area contributed by atoms with E-state index >= 15 is 0 Å². The SMILES string of the molecule is Cc1ncsc1-c1ccc(CNC(=O)[C@@H]2C[C@@H](O)CN2C(=O)[C@@H](NC(=O)CCCCCCCCC(=O)N2CCN(c3cc(-c4ccccc4O)nnc3N)CC2C)C(C)(C)C)cc1. The number of phenols is 1. The number of aromatic nitrogens is 3. The van der Waals surface area contributed by atoms with Gasteiger partial charge < -0.3 is 41.3 Å². The maximum Gasteiger partial charge on any atom is 0.246 e. The molecule has 4 atom stereocenters. The van der Waals surface area contributed by atoms with E-state index in [9.17, 15) is 29.4 Å². The second-order valence-corrected chi connectivity index (χ2v) is 18.8. The van der Waals surface area contributed by atoms with Crippen molar-refractivity contribution in [3.05, 3.63) is 71.4 Å². The lowest BCUT2D eigenvalue weighted by atomic mass is 9.85. The fourth-order valence-corrected chi connectivity index (χ4v) is 9.25. The monoisotopic (exact) mass is 881 g/mol. The summed E-state index contributed by atoms with van der Waals surface area (Å²) >= 11 is 1.58. The lowest BCUT2D eigenvalue weighted by molar-refractivity contribution is -0.144. The summed E-state index contributed by atoms with van der Waals surface area (Å²) in [5.74, 6) is -0.385. The third-order valence-corrected chi connectivity index (χ3v) is 13.0. The van der Waals surface area contributed by atoms with Gasteiger partial charge in [-0.3, -0.25) is 19.2 Å². The number of amides is 4. The molecule has 63 heavy (non-hydrogen) atoms. The first-order valence-electron chi connectivity index (χ1n) is 22.1. The van der Waals surface area contributed by atoms with Gasteiger partial charge in [-0.05, 0) is 61.4 Å². The van der Waals surface area contributed by atoms with Gasteiger partial charge in [-0.15, -0.1) is 21.5 Å². The number of piperazine rings is 1. The van der Waals surface area contributed by atoms with E-state index in [0.717, 1.165) is 59.5 Å². The molecule has 2 aliphatic rings. The summed E-state index contributed by atoms with van der Waals surface area (Å²) in [5.41, 5.74) is 12.2. The highest BCUT2D eigenvalue weighted by Crippen LogP contribution is 2.33. The minimum atomic E-state index is -0.870. The number of nitrogens with two attached hydrogens (primary N) is 1. The number of hydrogen-bond donors (Lipinski definition) is 5. The summed E-state index contributed by atoms with van der Waals surface area (Å²) in [6.45, 7) is 11.7. The number of aromatic hydroxyl groups is 1. The number of β-amino-alcohol motifs (C(OH)–C–C–N with tert-alkyl or cyclic N) is 1. The molecule has 16 heteroatoms. The molecule has 0 aliphatic carbocycles. The van der Waals surface area contributed by atoms with Gasteiger partial charge in [-0.25, -0.2) is 4.98 Å². The van der Waals surface area contributed by atoms with Crippen molar-refractivity contribution in [1.82, 2.24) is 35.6 Å². The normalized spacial score (nSPS) is 18.3. The van der Waals surface area contributed by atoms with Crippen molar-refractivity contribution in [2.45, 2.75) is 123 Å². The van der Waals surface area contributed by atoms with Gasteiger partial charge in [-0.1, -0.05) is 82.9 Å². The van der Waals surface area contributed by atoms with Crippen molar-refractivity contribution in [2.75, 3.05) is 36.8 Å². The Morgan fingerprint density at radius 1 is 0.921 bits per heavy atom. The van der Waals surface area contributed by atoms with E-state index in [0.29, 0.717) is 49.6 Å². The number of phenolic OH excluding ortho intramolecular Hbond substituents is 1. The van der Waals surface area contributed by atoms with Crippen LogP contribution in [0, 0.1) is 12.3 Å². The van der Waals surface area contributed by atoms with E-state index in [-0.39, 0.29) is 61.4 Å². The maximum atomic E-state index is 14.0. The molecule has 4 aromatic rings. The number of nitrogens with one attached hydrogen (secondary N) is 2. The fourth-order valence-electron chi connectivity index (χ4n) is 8.44. The van der Waals surface area contributed by atoms with E-state index in [2.05, 4.69) is 30.7 Å². The Bertz CT molecular complexity index is 2210. The number of likely N-dealkylation sites (tertiary alicyclic amines) is 1. The number of rotatable bonds is 17. The van der Waals surface area contributed by atoms with Gasteiger partial charge in [0.15, 0.2) is 5.82 Å². The zero-order valence-electron chi connectivity index (χ0n) is 37.2. The molecular weight excluding hydrogens is 819 g/mol. The first-order chi connectivity index (χ1) is 30.1. The van der Waals surface area contributed by atoms with Gasteiger partial charge in [0, 0.05) is 63.6 Å². The summed E-state index contributed by atoms with van der Waals surface area (Å²) in [4.78, 5) is 64.7. The number of anilines is 2. The molecule has 2 aliphatic heterocycles. The van der Waals surface area contributed by atoms with Crippen LogP contribution in [0.5, 0.6) is 5.75 Å². The molecule has 6 rings (SSSR count). The van der Waals surface area contributed by atoms with E-state index in [1.54, 1.807) is 29.5 Å². The number of hydrogen-bond acceptors (Lipinski definition) is 12. The standard InChI is InChI=1S/C47H63N9O6S/c1-30-27-54(37-25-36(52-53-44(37)48)35-14-12-13-15-39(35)58)22-23-55(30)41(60)17-11-9-7-6-8-10-16-40(59)51-43(47(3,4)5)46(62)56-28-34(57)24-38(56)45(61)49-26-32-18-20-33(21-19-32)42-31(2)50-29-63-42/h12-15,18-21,25,29-30,34,38,43,57-58H,6-11,16-17,22-24,26-28H2,1-5H3,(H2,48,53)(H,49,61)(H,51,59)/t30?,34-,38+,43-/m1/s1. The number of para-hydroxylation sites is 1. The van der Waals surface area contributed by atoms with E-state index in [1.165, 1.54) is 4.90 Å². The van der Waals surface area contributed by atoms with E-state index in [4.69, 9.17) is 5.73 Å². The number of aliphatic hydroxyl groups excluding tert-OH is 1. The van der Waals surface area contributed by atoms with Gasteiger partial charge in [-0.2, -0.15) is 0 Å². The fraction of sp³-hybridized carbons (Fsp3) is 0.511. The predicted molar refractivity (Wildman–Crippen MR) is 246 cm³/mol. The van der Waals surface area contributed by atoms with E-state index < -0.39 is 23.6 Å². The highest BCUT2D eigenvalue weighted by Gasteiger charge is 2.44. The average molecular weight is 882 g/mol. The number of nitrogens with zero attached hydrogens (tertiary/aromatic N) is 6. The second kappa shape index (κ2) is 21.2. The van der Waals surface area contributed by atoms with Crippen LogP contribution in [0.3, 0.4) is 0 Å². The molecule has 2 fully saturated rings. The van der Waals surface area contributed by atoms with Crippen LogP contribution in [0.1, 0.15) is 96.7 Å². The van der Waals surface area contributed by atoms with Crippen molar-refractivity contribution in [1.29, 1.82) is 0 Å². The smallest absolute Gasteiger partial charge is 0.246 e. The average Bonchev–Trinajstić information content (AvgIpc) is 3.87. The Morgan fingerprint density at radius 2 is 1.62 bits per heavy atom. The Hall–Kier alpha value is -5.61. The zero-order valence-corrected chi connectivity index (χ0v) is 38.0. The number of aliphatic hydroxyl groups is 1. The van der Waals surface area contributed by atoms with Crippen LogP contribution in [0.25, 0.3) is 21.7 Å². The molecule has 2 saturated heterocycles.